The first kappa shape index (κ1) is 23.4. The van der Waals surface area contributed by atoms with E-state index in [4.69, 9.17) is 14.6 Å². The van der Waals surface area contributed by atoms with Crippen molar-refractivity contribution in [2.45, 2.75) is 57.1 Å². The number of sulfonamides is 1. The number of rotatable bonds is 6. The molecular formula is C21H29NO6S. The molecule has 1 N–H and O–H groups in total. The molecule has 1 aromatic rings. The van der Waals surface area contributed by atoms with Gasteiger partial charge in [0, 0.05) is 12.1 Å². The molecule has 1 fully saturated rings. The lowest BCUT2D eigenvalue weighted by Crippen LogP contribution is -2.43. The van der Waals surface area contributed by atoms with Crippen molar-refractivity contribution in [3.05, 3.63) is 29.3 Å². The molecule has 0 saturated carbocycles. The first-order valence-electron chi connectivity index (χ1n) is 9.59. The molecule has 0 aliphatic carbocycles. The van der Waals surface area contributed by atoms with Gasteiger partial charge < -0.3 is 14.6 Å². The standard InChI is InChI=1S/C21H29NO6S/c1-16-9-10-19(17(15-16)7-6-13-27-14-12-23)29(25,26)22-11-5-8-18(22)20(24)28-21(2,3)4/h9-10,15,18,23H,5,8,11-14H2,1-4H3/t18-/m0/s1. The summed E-state index contributed by atoms with van der Waals surface area (Å²) in [6, 6.07) is 4.09. The van der Waals surface area contributed by atoms with Crippen LogP contribution in [0.1, 0.15) is 44.7 Å². The molecule has 1 aliphatic heterocycles. The summed E-state index contributed by atoms with van der Waals surface area (Å²) in [5.74, 6) is 5.09. The molecule has 7 nitrogen and oxygen atoms in total. The van der Waals surface area contributed by atoms with Crippen molar-refractivity contribution in [2.24, 2.45) is 0 Å². The van der Waals surface area contributed by atoms with Gasteiger partial charge in [-0.3, -0.25) is 4.79 Å². The van der Waals surface area contributed by atoms with Crippen LogP contribution in [0.2, 0.25) is 0 Å². The Labute approximate surface area is 173 Å². The van der Waals surface area contributed by atoms with E-state index in [9.17, 15) is 13.2 Å². The minimum Gasteiger partial charge on any atom is -0.459 e. The third-order valence-electron chi connectivity index (χ3n) is 4.24. The molecule has 0 unspecified atom stereocenters. The maximum Gasteiger partial charge on any atom is 0.324 e. The van der Waals surface area contributed by atoms with E-state index in [0.717, 1.165) is 5.56 Å². The van der Waals surface area contributed by atoms with E-state index in [1.165, 1.54) is 10.4 Å². The Hall–Kier alpha value is -1.92. The predicted octanol–water partition coefficient (Wildman–Crippen LogP) is 1.85. The number of carbonyl (C=O) groups excluding carboxylic acids is 1. The zero-order valence-corrected chi connectivity index (χ0v) is 18.2. The van der Waals surface area contributed by atoms with Gasteiger partial charge in [0.05, 0.1) is 18.1 Å². The van der Waals surface area contributed by atoms with E-state index in [0.29, 0.717) is 18.4 Å². The molecule has 0 amide bonds. The summed E-state index contributed by atoms with van der Waals surface area (Å²) in [4.78, 5) is 12.6. The Kier molecular flexibility index (Phi) is 7.83. The maximum absolute atomic E-state index is 13.4. The first-order chi connectivity index (χ1) is 13.6. The van der Waals surface area contributed by atoms with Crippen molar-refractivity contribution in [1.82, 2.24) is 4.31 Å². The number of hydrogen-bond donors (Lipinski definition) is 1. The number of ether oxygens (including phenoxy) is 2. The molecule has 1 heterocycles. The van der Waals surface area contributed by atoms with Crippen molar-refractivity contribution in [3.8, 4) is 11.8 Å². The second-order valence-electron chi connectivity index (χ2n) is 7.88. The van der Waals surface area contributed by atoms with Crippen molar-refractivity contribution in [1.29, 1.82) is 0 Å². The highest BCUT2D eigenvalue weighted by atomic mass is 32.2. The molecule has 1 atom stereocenters. The fourth-order valence-electron chi connectivity index (χ4n) is 3.05. The van der Waals surface area contributed by atoms with Gasteiger partial charge in [0.2, 0.25) is 10.0 Å². The van der Waals surface area contributed by atoms with Gasteiger partial charge in [0.25, 0.3) is 0 Å². The zero-order valence-electron chi connectivity index (χ0n) is 17.4. The Morgan fingerprint density at radius 2 is 2.07 bits per heavy atom. The number of hydrogen-bond acceptors (Lipinski definition) is 6. The van der Waals surface area contributed by atoms with Crippen LogP contribution in [0.5, 0.6) is 0 Å². The van der Waals surface area contributed by atoms with E-state index in [-0.39, 0.29) is 31.3 Å². The number of aliphatic hydroxyl groups excluding tert-OH is 1. The largest absolute Gasteiger partial charge is 0.459 e. The summed E-state index contributed by atoms with van der Waals surface area (Å²) in [7, 11) is -3.93. The number of esters is 1. The van der Waals surface area contributed by atoms with Gasteiger partial charge in [-0.2, -0.15) is 4.31 Å². The van der Waals surface area contributed by atoms with Crippen LogP contribution < -0.4 is 0 Å². The number of nitrogens with zero attached hydrogens (tertiary/aromatic N) is 1. The fourth-order valence-corrected chi connectivity index (χ4v) is 4.82. The van der Waals surface area contributed by atoms with E-state index < -0.39 is 27.6 Å². The summed E-state index contributed by atoms with van der Waals surface area (Å²) >= 11 is 0. The van der Waals surface area contributed by atoms with Gasteiger partial charge in [-0.15, -0.1) is 0 Å². The van der Waals surface area contributed by atoms with E-state index >= 15 is 0 Å². The van der Waals surface area contributed by atoms with Gasteiger partial charge in [-0.25, -0.2) is 8.42 Å². The minimum atomic E-state index is -3.93. The highest BCUT2D eigenvalue weighted by Gasteiger charge is 2.42. The molecule has 29 heavy (non-hydrogen) atoms. The van der Waals surface area contributed by atoms with Crippen LogP contribution in [-0.2, 0) is 24.3 Å². The van der Waals surface area contributed by atoms with E-state index in [1.807, 2.05) is 6.92 Å². The molecule has 1 saturated heterocycles. The smallest absolute Gasteiger partial charge is 0.324 e. The molecule has 8 heteroatoms. The summed E-state index contributed by atoms with van der Waals surface area (Å²) in [5.41, 5.74) is 0.534. The van der Waals surface area contributed by atoms with Crippen LogP contribution in [0.15, 0.2) is 23.1 Å². The molecular weight excluding hydrogens is 394 g/mol. The number of carbonyl (C=O) groups is 1. The monoisotopic (exact) mass is 423 g/mol. The third-order valence-corrected chi connectivity index (χ3v) is 6.20. The topological polar surface area (TPSA) is 93.1 Å². The molecule has 1 aromatic carbocycles. The normalized spacial score (nSPS) is 17.6. The summed E-state index contributed by atoms with van der Waals surface area (Å²) < 4.78 is 38.5. The SMILES string of the molecule is Cc1ccc(S(=O)(=O)N2CCC[C@H]2C(=O)OC(C)(C)C)c(C#CCOCCO)c1. The lowest BCUT2D eigenvalue weighted by molar-refractivity contribution is -0.158. The first-order valence-corrected chi connectivity index (χ1v) is 11.0. The maximum atomic E-state index is 13.4. The van der Waals surface area contributed by atoms with E-state index in [2.05, 4.69) is 11.8 Å². The van der Waals surface area contributed by atoms with Crippen molar-refractivity contribution >= 4 is 16.0 Å². The van der Waals surface area contributed by atoms with Gasteiger partial charge in [-0.1, -0.05) is 17.9 Å². The summed E-state index contributed by atoms with van der Waals surface area (Å²) in [6.07, 6.45) is 1.01. The molecule has 0 radical (unpaired) electrons. The number of aliphatic hydroxyl groups is 1. The second-order valence-corrected chi connectivity index (χ2v) is 9.74. The third kappa shape index (κ3) is 6.28. The lowest BCUT2D eigenvalue weighted by Gasteiger charge is -2.27. The number of aryl methyl sites for hydroxylation is 1. The predicted molar refractivity (Wildman–Crippen MR) is 109 cm³/mol. The Morgan fingerprint density at radius 3 is 2.72 bits per heavy atom. The van der Waals surface area contributed by atoms with Gasteiger partial charge >= 0.3 is 5.97 Å². The fraction of sp³-hybridized carbons (Fsp3) is 0.571. The van der Waals surface area contributed by atoms with Crippen molar-refractivity contribution < 1.29 is 27.8 Å². The molecule has 0 aromatic heterocycles. The van der Waals surface area contributed by atoms with Crippen LogP contribution in [0, 0.1) is 18.8 Å². The highest BCUT2D eigenvalue weighted by molar-refractivity contribution is 7.89. The minimum absolute atomic E-state index is 0.0632. The van der Waals surface area contributed by atoms with Crippen LogP contribution in [0.4, 0.5) is 0 Å². The van der Waals surface area contributed by atoms with Crippen LogP contribution in [0.25, 0.3) is 0 Å². The highest BCUT2D eigenvalue weighted by Crippen LogP contribution is 2.29. The Balaban J connectivity index is 2.33. The molecule has 0 spiro atoms. The van der Waals surface area contributed by atoms with Crippen LogP contribution in [-0.4, -0.2) is 61.8 Å². The number of benzene rings is 1. The van der Waals surface area contributed by atoms with Gasteiger partial charge in [0.15, 0.2) is 0 Å². The quantitative estimate of drug-likeness (QED) is 0.426. The molecule has 1 aliphatic rings. The van der Waals surface area contributed by atoms with Gasteiger partial charge in [0.1, 0.15) is 18.2 Å². The molecule has 0 bridgehead atoms. The molecule has 2 rings (SSSR count). The summed E-state index contributed by atoms with van der Waals surface area (Å²) in [5, 5.41) is 8.74. The van der Waals surface area contributed by atoms with Crippen LogP contribution >= 0.6 is 0 Å². The average Bonchev–Trinajstić information content (AvgIpc) is 3.11. The van der Waals surface area contributed by atoms with Crippen molar-refractivity contribution in [3.63, 3.8) is 0 Å². The average molecular weight is 424 g/mol. The summed E-state index contributed by atoms with van der Waals surface area (Å²) in [6.45, 7) is 7.52. The lowest BCUT2D eigenvalue weighted by atomic mass is 10.1. The van der Waals surface area contributed by atoms with E-state index in [1.54, 1.807) is 32.9 Å². The molecule has 160 valence electrons. The van der Waals surface area contributed by atoms with Gasteiger partial charge in [-0.05, 0) is 58.2 Å². The Morgan fingerprint density at radius 1 is 1.34 bits per heavy atom. The Bertz CT molecular complexity index is 892. The van der Waals surface area contributed by atoms with Crippen LogP contribution in [0.3, 0.4) is 0 Å². The zero-order chi connectivity index (χ0) is 21.7. The second kappa shape index (κ2) is 9.72. The van der Waals surface area contributed by atoms with Crippen molar-refractivity contribution in [2.75, 3.05) is 26.4 Å².